The first-order valence-corrected chi connectivity index (χ1v) is 12.8. The van der Waals surface area contributed by atoms with Gasteiger partial charge in [-0.1, -0.05) is 58.8 Å². The number of rotatable bonds is 20. The minimum absolute atomic E-state index is 0.0889. The van der Waals surface area contributed by atoms with Gasteiger partial charge in [0.05, 0.1) is 34.4 Å². The molecule has 2 unspecified atom stereocenters. The van der Waals surface area contributed by atoms with Gasteiger partial charge >= 0.3 is 13.8 Å². The summed E-state index contributed by atoms with van der Waals surface area (Å²) in [6.45, 7) is 4.99. The SMILES string of the molecule is CCCCCCCCCCOCC(COP(=O)(O)OCC[N+](C)(C)C)OC(=O)CC. The number of esters is 1. The zero-order valence-corrected chi connectivity index (χ0v) is 20.7. The molecule has 180 valence electrons. The van der Waals surface area contributed by atoms with Gasteiger partial charge in [-0.25, -0.2) is 4.57 Å². The number of likely N-dealkylation sites (N-methyl/N-ethyl adjacent to an activating group) is 1. The number of hydrogen-bond acceptors (Lipinski definition) is 6. The summed E-state index contributed by atoms with van der Waals surface area (Å²) in [6, 6.07) is 0. The van der Waals surface area contributed by atoms with Crippen molar-refractivity contribution in [3.05, 3.63) is 0 Å². The number of quaternary nitrogens is 1. The Morgan fingerprint density at radius 1 is 0.900 bits per heavy atom. The van der Waals surface area contributed by atoms with Crippen molar-refractivity contribution in [3.63, 3.8) is 0 Å². The van der Waals surface area contributed by atoms with Crippen LogP contribution in [0.15, 0.2) is 0 Å². The van der Waals surface area contributed by atoms with Gasteiger partial charge in [0, 0.05) is 13.0 Å². The first kappa shape index (κ1) is 29.5. The normalized spacial score (nSPS) is 15.0. The molecular weight excluding hydrogens is 409 g/mol. The molecule has 0 aromatic carbocycles. The smallest absolute Gasteiger partial charge is 0.457 e. The van der Waals surface area contributed by atoms with Crippen LogP contribution in [0, 0.1) is 0 Å². The minimum atomic E-state index is -4.21. The Bertz CT molecular complexity index is 482. The van der Waals surface area contributed by atoms with E-state index >= 15 is 0 Å². The van der Waals surface area contributed by atoms with Gasteiger partial charge in [0.25, 0.3) is 0 Å². The molecule has 0 aliphatic heterocycles. The molecule has 9 heteroatoms. The number of hydrogen-bond donors (Lipinski definition) is 1. The molecule has 0 aromatic heterocycles. The highest BCUT2D eigenvalue weighted by atomic mass is 31.2. The van der Waals surface area contributed by atoms with Crippen molar-refractivity contribution in [2.45, 2.75) is 77.7 Å². The maximum atomic E-state index is 12.0. The van der Waals surface area contributed by atoms with Crippen LogP contribution in [0.3, 0.4) is 0 Å². The van der Waals surface area contributed by atoms with Gasteiger partial charge in [-0.3, -0.25) is 13.8 Å². The number of phosphoric acid groups is 1. The van der Waals surface area contributed by atoms with Crippen LogP contribution in [0.5, 0.6) is 0 Å². The molecule has 2 atom stereocenters. The number of carbonyl (C=O) groups is 1. The summed E-state index contributed by atoms with van der Waals surface area (Å²) >= 11 is 0. The predicted octanol–water partition coefficient (Wildman–Crippen LogP) is 4.31. The zero-order chi connectivity index (χ0) is 22.9. The summed E-state index contributed by atoms with van der Waals surface area (Å²) in [7, 11) is 1.66. The lowest BCUT2D eigenvalue weighted by Crippen LogP contribution is -2.37. The number of nitrogens with zero attached hydrogens (tertiary/aromatic N) is 1. The lowest BCUT2D eigenvalue weighted by Gasteiger charge is -2.24. The first-order chi connectivity index (χ1) is 14.1. The van der Waals surface area contributed by atoms with Gasteiger partial charge in [0.2, 0.25) is 0 Å². The number of carbonyl (C=O) groups excluding carboxylic acids is 1. The summed E-state index contributed by atoms with van der Waals surface area (Å²) in [5, 5.41) is 0. The van der Waals surface area contributed by atoms with Gasteiger partial charge in [0.1, 0.15) is 19.3 Å². The van der Waals surface area contributed by atoms with Crippen molar-refractivity contribution >= 4 is 13.8 Å². The molecule has 0 spiro atoms. The summed E-state index contributed by atoms with van der Waals surface area (Å²) < 4.78 is 33.5. The molecule has 0 heterocycles. The monoisotopic (exact) mass is 454 g/mol. The Morgan fingerprint density at radius 2 is 1.50 bits per heavy atom. The van der Waals surface area contributed by atoms with Gasteiger partial charge in [0.15, 0.2) is 0 Å². The van der Waals surface area contributed by atoms with E-state index in [1.807, 2.05) is 21.1 Å². The second kappa shape index (κ2) is 17.1. The van der Waals surface area contributed by atoms with Gasteiger partial charge < -0.3 is 18.9 Å². The van der Waals surface area contributed by atoms with Crippen molar-refractivity contribution in [2.24, 2.45) is 0 Å². The summed E-state index contributed by atoms with van der Waals surface area (Å²) in [5.41, 5.74) is 0. The Labute approximate surface area is 183 Å². The third kappa shape index (κ3) is 19.5. The Morgan fingerprint density at radius 3 is 2.07 bits per heavy atom. The van der Waals surface area contributed by atoms with Crippen LogP contribution in [0.1, 0.15) is 71.6 Å². The van der Waals surface area contributed by atoms with Gasteiger partial charge in [-0.2, -0.15) is 0 Å². The number of ether oxygens (including phenoxy) is 2. The number of phosphoric ester groups is 1. The summed E-state index contributed by atoms with van der Waals surface area (Å²) in [5.74, 6) is -0.405. The summed E-state index contributed by atoms with van der Waals surface area (Å²) in [6.07, 6.45) is 9.14. The molecule has 0 aromatic rings. The fourth-order valence-electron chi connectivity index (χ4n) is 2.58. The van der Waals surface area contributed by atoms with E-state index < -0.39 is 19.9 Å². The molecule has 0 amide bonds. The van der Waals surface area contributed by atoms with Crippen LogP contribution in [0.4, 0.5) is 0 Å². The molecule has 0 fully saturated rings. The van der Waals surface area contributed by atoms with Crippen LogP contribution in [-0.2, 0) is 27.9 Å². The lowest BCUT2D eigenvalue weighted by molar-refractivity contribution is -0.870. The van der Waals surface area contributed by atoms with E-state index in [9.17, 15) is 14.3 Å². The van der Waals surface area contributed by atoms with Gasteiger partial charge in [-0.15, -0.1) is 0 Å². The zero-order valence-electron chi connectivity index (χ0n) is 19.8. The average Bonchev–Trinajstić information content (AvgIpc) is 2.66. The van der Waals surface area contributed by atoms with Crippen molar-refractivity contribution in [2.75, 3.05) is 54.1 Å². The molecule has 0 aliphatic carbocycles. The Balaban J connectivity index is 4.13. The largest absolute Gasteiger partial charge is 0.472 e. The number of unbranched alkanes of at least 4 members (excludes halogenated alkanes) is 7. The lowest BCUT2D eigenvalue weighted by atomic mass is 10.1. The molecule has 1 N–H and O–H groups in total. The fraction of sp³-hybridized carbons (Fsp3) is 0.952. The predicted molar refractivity (Wildman–Crippen MR) is 118 cm³/mol. The van der Waals surface area contributed by atoms with Crippen molar-refractivity contribution in [1.82, 2.24) is 0 Å². The maximum absolute atomic E-state index is 12.0. The average molecular weight is 455 g/mol. The Kier molecular flexibility index (Phi) is 16.8. The van der Waals surface area contributed by atoms with Crippen molar-refractivity contribution in [1.29, 1.82) is 0 Å². The molecule has 30 heavy (non-hydrogen) atoms. The highest BCUT2D eigenvalue weighted by molar-refractivity contribution is 7.47. The molecule has 0 bridgehead atoms. The van der Waals surface area contributed by atoms with Crippen LogP contribution >= 0.6 is 7.82 Å². The van der Waals surface area contributed by atoms with E-state index in [0.29, 0.717) is 17.6 Å². The Hall–Kier alpha value is -0.500. The third-order valence-electron chi connectivity index (χ3n) is 4.47. The molecule has 0 saturated carbocycles. The van der Waals surface area contributed by atoms with Gasteiger partial charge in [-0.05, 0) is 6.42 Å². The summed E-state index contributed by atoms with van der Waals surface area (Å²) in [4.78, 5) is 21.4. The third-order valence-corrected chi connectivity index (χ3v) is 5.46. The van der Waals surface area contributed by atoms with Crippen LogP contribution in [0.2, 0.25) is 0 Å². The van der Waals surface area contributed by atoms with Crippen molar-refractivity contribution in [3.8, 4) is 0 Å². The minimum Gasteiger partial charge on any atom is -0.457 e. The highest BCUT2D eigenvalue weighted by Crippen LogP contribution is 2.43. The second-order valence-corrected chi connectivity index (χ2v) is 10.1. The molecule has 0 rings (SSSR count). The molecule has 8 nitrogen and oxygen atoms in total. The van der Waals surface area contributed by atoms with Crippen molar-refractivity contribution < 1.29 is 37.3 Å². The molecular formula is C21H45NO7P+. The molecule has 0 saturated heterocycles. The van der Waals surface area contributed by atoms with E-state index in [2.05, 4.69) is 6.92 Å². The van der Waals surface area contributed by atoms with E-state index in [-0.39, 0.29) is 26.2 Å². The van der Waals surface area contributed by atoms with E-state index in [0.717, 1.165) is 12.8 Å². The van der Waals surface area contributed by atoms with E-state index in [4.69, 9.17) is 18.5 Å². The standard InChI is InChI=1S/C21H44NO7P/c1-6-8-9-10-11-12-13-14-16-26-18-20(29-21(23)7-2)19-28-30(24,25)27-17-15-22(3,4)5/h20H,6-19H2,1-5H3/p+1. The molecule has 0 radical (unpaired) electrons. The van der Waals surface area contributed by atoms with E-state index in [1.54, 1.807) is 6.92 Å². The second-order valence-electron chi connectivity index (χ2n) is 8.63. The maximum Gasteiger partial charge on any atom is 0.472 e. The molecule has 0 aliphatic rings. The highest BCUT2D eigenvalue weighted by Gasteiger charge is 2.26. The van der Waals surface area contributed by atoms with Crippen LogP contribution in [-0.4, -0.2) is 75.6 Å². The van der Waals surface area contributed by atoms with Crippen LogP contribution < -0.4 is 0 Å². The topological polar surface area (TPSA) is 91.3 Å². The van der Waals surface area contributed by atoms with Crippen LogP contribution in [0.25, 0.3) is 0 Å². The van der Waals surface area contributed by atoms with E-state index in [1.165, 1.54) is 38.5 Å². The quantitative estimate of drug-likeness (QED) is 0.127. The fourth-order valence-corrected chi connectivity index (χ4v) is 3.32. The first-order valence-electron chi connectivity index (χ1n) is 11.3.